The van der Waals surface area contributed by atoms with Crippen LogP contribution in [0, 0.1) is 0 Å². The summed E-state index contributed by atoms with van der Waals surface area (Å²) in [5.74, 6) is -0.994. The first-order chi connectivity index (χ1) is 14.7. The van der Waals surface area contributed by atoms with Crippen LogP contribution < -0.4 is 5.32 Å². The predicted molar refractivity (Wildman–Crippen MR) is 123 cm³/mol. The molecule has 162 valence electrons. The third kappa shape index (κ3) is 4.34. The van der Waals surface area contributed by atoms with Gasteiger partial charge in [-0.15, -0.1) is 0 Å². The number of hydrogen-bond acceptors (Lipinski definition) is 6. The minimum absolute atomic E-state index is 0.110. The molecule has 3 aromatic rings. The first-order valence-electron chi connectivity index (χ1n) is 9.13. The van der Waals surface area contributed by atoms with Gasteiger partial charge in [0.25, 0.3) is 10.9 Å². The highest BCUT2D eigenvalue weighted by molar-refractivity contribution is 9.10. The average Bonchev–Trinajstić information content (AvgIpc) is 3.21. The number of sulfone groups is 1. The molecule has 0 radical (unpaired) electrons. The Hall–Kier alpha value is -2.01. The summed E-state index contributed by atoms with van der Waals surface area (Å²) in [6, 6.07) is 13.8. The van der Waals surface area contributed by atoms with Crippen LogP contribution in [0.3, 0.4) is 0 Å². The molecular weight excluding hydrogens is 529 g/mol. The lowest BCUT2D eigenvalue weighted by molar-refractivity contribution is 0.0666. The van der Waals surface area contributed by atoms with Gasteiger partial charge in [0.05, 0.1) is 23.5 Å². The molecule has 1 aliphatic rings. The number of amides is 1. The molecule has 1 aliphatic heterocycles. The highest BCUT2D eigenvalue weighted by Gasteiger charge is 2.53. The van der Waals surface area contributed by atoms with E-state index in [-0.39, 0.29) is 17.1 Å². The fourth-order valence-corrected chi connectivity index (χ4v) is 6.36. The fourth-order valence-electron chi connectivity index (χ4n) is 3.17. The molecule has 0 aliphatic carbocycles. The molecule has 0 bridgehead atoms. The molecule has 1 fully saturated rings. The number of thiazole rings is 1. The maximum atomic E-state index is 16.0. The van der Waals surface area contributed by atoms with Crippen molar-refractivity contribution < 1.29 is 17.6 Å². The molecule has 0 spiro atoms. The van der Waals surface area contributed by atoms with Gasteiger partial charge in [-0.1, -0.05) is 41.1 Å². The largest absolute Gasteiger partial charge is 0.346 e. The number of alkyl halides is 1. The molecule has 1 unspecified atom stereocenters. The number of aromatic nitrogens is 1. The van der Waals surface area contributed by atoms with Gasteiger partial charge in [-0.05, 0) is 46.3 Å². The van der Waals surface area contributed by atoms with Crippen LogP contribution in [0.1, 0.15) is 15.4 Å². The topological polar surface area (TPSA) is 79.4 Å². The Labute approximate surface area is 196 Å². The highest BCUT2D eigenvalue weighted by atomic mass is 79.9. The van der Waals surface area contributed by atoms with Gasteiger partial charge >= 0.3 is 0 Å². The second-order valence-electron chi connectivity index (χ2n) is 6.92. The summed E-state index contributed by atoms with van der Waals surface area (Å²) < 4.78 is 42.0. The van der Waals surface area contributed by atoms with Crippen molar-refractivity contribution in [1.29, 1.82) is 0 Å². The Morgan fingerprint density at radius 1 is 1.26 bits per heavy atom. The van der Waals surface area contributed by atoms with Gasteiger partial charge in [0.2, 0.25) is 0 Å². The lowest BCUT2D eigenvalue weighted by atomic mass is 10.2. The van der Waals surface area contributed by atoms with Crippen molar-refractivity contribution in [2.24, 2.45) is 0 Å². The van der Waals surface area contributed by atoms with Crippen molar-refractivity contribution in [2.45, 2.75) is 5.00 Å². The van der Waals surface area contributed by atoms with Gasteiger partial charge in [-0.25, -0.2) is 17.8 Å². The van der Waals surface area contributed by atoms with Crippen molar-refractivity contribution in [3.63, 3.8) is 0 Å². The molecular formula is C20H16BrClFN3O3S2. The molecule has 1 N–H and O–H groups in total. The Morgan fingerprint density at radius 2 is 2.00 bits per heavy atom. The lowest BCUT2D eigenvalue weighted by Crippen LogP contribution is -2.53. The average molecular weight is 545 g/mol. The quantitative estimate of drug-likeness (QED) is 0.500. The number of carbonyl (C=O) groups excluding carboxylic acids is 1. The van der Waals surface area contributed by atoms with Crippen LogP contribution in [0.2, 0.25) is 5.02 Å². The number of hydrogen-bond donors (Lipinski definition) is 1. The van der Waals surface area contributed by atoms with Crippen molar-refractivity contribution >= 4 is 65.3 Å². The molecule has 0 saturated carbocycles. The van der Waals surface area contributed by atoms with E-state index in [0.29, 0.717) is 14.5 Å². The van der Waals surface area contributed by atoms with E-state index >= 15 is 4.39 Å². The number of halogens is 3. The zero-order chi connectivity index (χ0) is 22.2. The van der Waals surface area contributed by atoms with Crippen LogP contribution in [0.5, 0.6) is 0 Å². The number of carbonyl (C=O) groups is 1. The van der Waals surface area contributed by atoms with Gasteiger partial charge < -0.3 is 10.2 Å². The zero-order valence-electron chi connectivity index (χ0n) is 15.9. The van der Waals surface area contributed by atoms with Gasteiger partial charge in [0.15, 0.2) is 9.84 Å². The molecule has 6 nitrogen and oxygen atoms in total. The summed E-state index contributed by atoms with van der Waals surface area (Å²) in [6.07, 6.45) is 1.39. The summed E-state index contributed by atoms with van der Waals surface area (Å²) in [5.41, 5.74) is 1.02. The summed E-state index contributed by atoms with van der Waals surface area (Å²) >= 11 is 10.2. The normalized spacial score (nSPS) is 20.4. The minimum atomic E-state index is -4.17. The van der Waals surface area contributed by atoms with E-state index in [4.69, 9.17) is 11.6 Å². The van der Waals surface area contributed by atoms with Crippen molar-refractivity contribution in [3.05, 3.63) is 74.8 Å². The second-order valence-corrected chi connectivity index (χ2v) is 11.5. The Balaban J connectivity index is 1.61. The summed E-state index contributed by atoms with van der Waals surface area (Å²) in [4.78, 5) is 18.1. The van der Waals surface area contributed by atoms with E-state index in [1.54, 1.807) is 12.1 Å². The van der Waals surface area contributed by atoms with Crippen LogP contribution in [0.25, 0.3) is 0 Å². The van der Waals surface area contributed by atoms with E-state index in [2.05, 4.69) is 26.2 Å². The summed E-state index contributed by atoms with van der Waals surface area (Å²) in [5, 5.41) is 0.902. The number of anilines is 2. The summed E-state index contributed by atoms with van der Waals surface area (Å²) in [7, 11) is -4.17. The molecule has 1 saturated heterocycles. The lowest BCUT2D eigenvalue weighted by Gasteiger charge is -2.35. The maximum absolute atomic E-state index is 16.0. The van der Waals surface area contributed by atoms with Gasteiger partial charge in [-0.3, -0.25) is 4.79 Å². The van der Waals surface area contributed by atoms with Crippen LogP contribution in [0.15, 0.2) is 59.2 Å². The third-order valence-electron chi connectivity index (χ3n) is 4.84. The third-order valence-corrected chi connectivity index (χ3v) is 9.28. The Morgan fingerprint density at radius 3 is 2.71 bits per heavy atom. The van der Waals surface area contributed by atoms with E-state index in [0.717, 1.165) is 17.0 Å². The van der Waals surface area contributed by atoms with Crippen LogP contribution in [-0.2, 0) is 14.8 Å². The minimum Gasteiger partial charge on any atom is -0.346 e. The molecule has 1 atom stereocenters. The number of nitrogens with zero attached hydrogens (tertiary/aromatic N) is 2. The number of rotatable bonds is 4. The molecule has 11 heteroatoms. The zero-order valence-corrected chi connectivity index (χ0v) is 19.9. The van der Waals surface area contributed by atoms with E-state index < -0.39 is 33.0 Å². The molecule has 2 aromatic carbocycles. The molecule has 2 heterocycles. The van der Waals surface area contributed by atoms with Gasteiger partial charge in [0.1, 0.15) is 10.0 Å². The van der Waals surface area contributed by atoms with E-state index in [1.165, 1.54) is 17.2 Å². The molecule has 31 heavy (non-hydrogen) atoms. The van der Waals surface area contributed by atoms with Crippen LogP contribution in [0.4, 0.5) is 15.1 Å². The first-order valence-corrected chi connectivity index (χ1v) is 12.8. The molecule has 4 rings (SSSR count). The number of benzene rings is 2. The standard InChI is InChI=1S/C20H16BrClFN3O3S2/c21-15-7-6-13(10-16(15)22)18(27)26-8-9-31(28,29)20(23,12-26)19-24-11-17(30-19)25-14-4-2-1-3-5-14/h1-7,10-11,25H,8-9,12H2. The fraction of sp³-hybridized carbons (Fsp3) is 0.200. The molecule has 1 aromatic heterocycles. The van der Waals surface area contributed by atoms with Crippen molar-refractivity contribution in [2.75, 3.05) is 24.2 Å². The number of para-hydroxylation sites is 1. The van der Waals surface area contributed by atoms with E-state index in [1.807, 2.05) is 30.3 Å². The van der Waals surface area contributed by atoms with Crippen molar-refractivity contribution in [3.8, 4) is 0 Å². The smallest absolute Gasteiger partial charge is 0.278 e. The van der Waals surface area contributed by atoms with Gasteiger partial charge in [0, 0.05) is 22.3 Å². The predicted octanol–water partition coefficient (Wildman–Crippen LogP) is 5.00. The van der Waals surface area contributed by atoms with E-state index in [9.17, 15) is 13.2 Å². The Kier molecular flexibility index (Phi) is 6.08. The maximum Gasteiger partial charge on any atom is 0.278 e. The Bertz CT molecular complexity index is 1240. The van der Waals surface area contributed by atoms with Crippen LogP contribution in [-0.4, -0.2) is 43.1 Å². The monoisotopic (exact) mass is 543 g/mol. The van der Waals surface area contributed by atoms with Crippen LogP contribution >= 0.6 is 38.9 Å². The molecule has 1 amide bonds. The second kappa shape index (κ2) is 8.50. The number of nitrogens with one attached hydrogen (secondary N) is 1. The highest BCUT2D eigenvalue weighted by Crippen LogP contribution is 2.41. The first kappa shape index (κ1) is 22.2. The van der Waals surface area contributed by atoms with Gasteiger partial charge in [-0.2, -0.15) is 0 Å². The van der Waals surface area contributed by atoms with Crippen molar-refractivity contribution in [1.82, 2.24) is 9.88 Å². The SMILES string of the molecule is O=C(c1ccc(Br)c(Cl)c1)N1CCS(=O)(=O)C(F)(c2ncc(Nc3ccccc3)s2)C1. The summed E-state index contributed by atoms with van der Waals surface area (Å²) in [6.45, 7) is -0.749.